The molecule has 19 heavy (non-hydrogen) atoms. The first-order valence-corrected chi connectivity index (χ1v) is 7.31. The van der Waals surface area contributed by atoms with Gasteiger partial charge >= 0.3 is 5.97 Å². The van der Waals surface area contributed by atoms with E-state index in [1.807, 2.05) is 38.3 Å². The predicted molar refractivity (Wildman–Crippen MR) is 74.3 cm³/mol. The van der Waals surface area contributed by atoms with Gasteiger partial charge in [0.1, 0.15) is 0 Å². The van der Waals surface area contributed by atoms with Gasteiger partial charge in [-0.05, 0) is 38.6 Å². The summed E-state index contributed by atoms with van der Waals surface area (Å²) in [5.41, 5.74) is -0.587. The molecular weight excluding hydrogens is 262 g/mol. The fourth-order valence-corrected chi connectivity index (χ4v) is 3.50. The summed E-state index contributed by atoms with van der Waals surface area (Å²) in [5, 5.41) is 11.1. The summed E-state index contributed by atoms with van der Waals surface area (Å²) >= 11 is 1.56. The molecule has 104 valence electrons. The Morgan fingerprint density at radius 3 is 2.63 bits per heavy atom. The quantitative estimate of drug-likeness (QED) is 0.925. The number of aliphatic carboxylic acids is 1. The predicted octanol–water partition coefficient (Wildman–Crippen LogP) is 2.35. The molecule has 4 nitrogen and oxygen atoms in total. The van der Waals surface area contributed by atoms with Crippen LogP contribution in [0.3, 0.4) is 0 Å². The average Bonchev–Trinajstić information content (AvgIpc) is 2.96. The van der Waals surface area contributed by atoms with E-state index in [1.165, 1.54) is 0 Å². The molecule has 0 aliphatic carbocycles. The van der Waals surface area contributed by atoms with Gasteiger partial charge in [-0.25, -0.2) is 0 Å². The number of rotatable bonds is 3. The van der Waals surface area contributed by atoms with E-state index in [0.29, 0.717) is 13.0 Å². The Morgan fingerprint density at radius 2 is 2.16 bits per heavy atom. The van der Waals surface area contributed by atoms with Crippen LogP contribution in [0.15, 0.2) is 17.5 Å². The Balaban J connectivity index is 2.19. The zero-order valence-corrected chi connectivity index (χ0v) is 12.2. The Hall–Kier alpha value is -1.36. The number of carbonyl (C=O) groups excluding carboxylic acids is 1. The summed E-state index contributed by atoms with van der Waals surface area (Å²) in [6.07, 6.45) is 0.544. The van der Waals surface area contributed by atoms with Crippen LogP contribution >= 0.6 is 11.3 Å². The third kappa shape index (κ3) is 2.39. The van der Waals surface area contributed by atoms with Gasteiger partial charge < -0.3 is 10.0 Å². The monoisotopic (exact) mass is 281 g/mol. The van der Waals surface area contributed by atoms with Gasteiger partial charge in [-0.3, -0.25) is 9.59 Å². The molecule has 0 aromatic carbocycles. The molecule has 0 bridgehead atoms. The fraction of sp³-hybridized carbons (Fsp3) is 0.571. The fourth-order valence-electron chi connectivity index (χ4n) is 2.66. The second kappa shape index (κ2) is 4.96. The highest BCUT2D eigenvalue weighted by Gasteiger charge is 2.43. The van der Waals surface area contributed by atoms with Crippen molar-refractivity contribution in [1.82, 2.24) is 4.90 Å². The summed E-state index contributed by atoms with van der Waals surface area (Å²) < 4.78 is 0. The van der Waals surface area contributed by atoms with E-state index in [9.17, 15) is 9.59 Å². The molecule has 1 amide bonds. The van der Waals surface area contributed by atoms with Crippen LogP contribution in [0.4, 0.5) is 0 Å². The molecule has 1 aromatic heterocycles. The van der Waals surface area contributed by atoms with Crippen LogP contribution in [0.1, 0.15) is 32.1 Å². The topological polar surface area (TPSA) is 57.6 Å². The minimum absolute atomic E-state index is 0.0196. The first-order chi connectivity index (χ1) is 8.85. The van der Waals surface area contributed by atoms with Crippen LogP contribution in [-0.4, -0.2) is 34.5 Å². The first kappa shape index (κ1) is 14.1. The number of carbonyl (C=O) groups is 2. The highest BCUT2D eigenvalue weighted by Crippen LogP contribution is 2.34. The molecule has 5 heteroatoms. The summed E-state index contributed by atoms with van der Waals surface area (Å²) in [6, 6.07) is 3.66. The number of carboxylic acid groups (broad SMARTS) is 1. The second-order valence-corrected chi connectivity index (χ2v) is 6.52. The van der Waals surface area contributed by atoms with Crippen molar-refractivity contribution in [3.63, 3.8) is 0 Å². The number of hydrogen-bond acceptors (Lipinski definition) is 3. The first-order valence-electron chi connectivity index (χ1n) is 6.43. The standard InChI is InChI=1S/C14H19NO3S/c1-9-10(12(16)17)6-7-15(9)13(18)14(2,3)11-5-4-8-19-11/h4-5,8-10H,6-7H2,1-3H3,(H,16,17). The SMILES string of the molecule is CC1C(C(=O)O)CCN1C(=O)C(C)(C)c1cccs1. The molecule has 1 aromatic rings. The lowest BCUT2D eigenvalue weighted by atomic mass is 9.89. The molecule has 2 atom stereocenters. The molecule has 1 saturated heterocycles. The molecule has 1 fully saturated rings. The van der Waals surface area contributed by atoms with Crippen molar-refractivity contribution in [1.29, 1.82) is 0 Å². The molecular formula is C14H19NO3S. The Morgan fingerprint density at radius 1 is 1.47 bits per heavy atom. The molecule has 0 radical (unpaired) electrons. The van der Waals surface area contributed by atoms with E-state index in [0.717, 1.165) is 4.88 Å². The van der Waals surface area contributed by atoms with Gasteiger partial charge in [-0.15, -0.1) is 11.3 Å². The molecule has 2 rings (SSSR count). The molecule has 1 aliphatic heterocycles. The van der Waals surface area contributed by atoms with E-state index in [1.54, 1.807) is 16.2 Å². The Kier molecular flexibility index (Phi) is 3.67. The normalized spacial score (nSPS) is 23.6. The number of likely N-dealkylation sites (tertiary alicyclic amines) is 1. The largest absolute Gasteiger partial charge is 0.481 e. The van der Waals surface area contributed by atoms with Crippen molar-refractivity contribution < 1.29 is 14.7 Å². The maximum Gasteiger partial charge on any atom is 0.308 e. The van der Waals surface area contributed by atoms with E-state index < -0.39 is 17.3 Å². The van der Waals surface area contributed by atoms with Crippen molar-refractivity contribution in [2.75, 3.05) is 6.54 Å². The molecule has 1 N–H and O–H groups in total. The highest BCUT2D eigenvalue weighted by molar-refractivity contribution is 7.10. The van der Waals surface area contributed by atoms with E-state index in [2.05, 4.69) is 0 Å². The molecule has 0 saturated carbocycles. The van der Waals surface area contributed by atoms with Crippen LogP contribution in [0, 0.1) is 5.92 Å². The number of nitrogens with zero attached hydrogens (tertiary/aromatic N) is 1. The zero-order valence-electron chi connectivity index (χ0n) is 11.4. The van der Waals surface area contributed by atoms with Gasteiger partial charge in [0, 0.05) is 17.5 Å². The highest BCUT2D eigenvalue weighted by atomic mass is 32.1. The number of carboxylic acids is 1. The summed E-state index contributed by atoms with van der Waals surface area (Å²) in [5.74, 6) is -1.23. The van der Waals surface area contributed by atoms with Gasteiger partial charge in [0.05, 0.1) is 11.3 Å². The van der Waals surface area contributed by atoms with Crippen molar-refractivity contribution in [2.24, 2.45) is 5.92 Å². The maximum atomic E-state index is 12.7. The molecule has 0 spiro atoms. The van der Waals surface area contributed by atoms with Gasteiger partial charge in [0.15, 0.2) is 0 Å². The third-order valence-corrected chi connectivity index (χ3v) is 5.20. The summed E-state index contributed by atoms with van der Waals surface area (Å²) in [4.78, 5) is 26.5. The lowest BCUT2D eigenvalue weighted by Crippen LogP contribution is -2.46. The maximum absolute atomic E-state index is 12.7. The lowest BCUT2D eigenvalue weighted by Gasteiger charge is -2.32. The summed E-state index contributed by atoms with van der Waals surface area (Å²) in [6.45, 7) is 6.17. The van der Waals surface area contributed by atoms with Gasteiger partial charge in [0.25, 0.3) is 0 Å². The van der Waals surface area contributed by atoms with Crippen molar-refractivity contribution in [3.8, 4) is 0 Å². The average molecular weight is 281 g/mol. The van der Waals surface area contributed by atoms with Gasteiger partial charge in [0.2, 0.25) is 5.91 Å². The van der Waals surface area contributed by atoms with Crippen LogP contribution in [0.5, 0.6) is 0 Å². The van der Waals surface area contributed by atoms with Gasteiger partial charge in [-0.1, -0.05) is 6.07 Å². The number of thiophene rings is 1. The van der Waals surface area contributed by atoms with Crippen molar-refractivity contribution in [3.05, 3.63) is 22.4 Å². The number of hydrogen-bond donors (Lipinski definition) is 1. The molecule has 1 aliphatic rings. The van der Waals surface area contributed by atoms with Crippen LogP contribution in [0.25, 0.3) is 0 Å². The Labute approximate surface area is 117 Å². The van der Waals surface area contributed by atoms with E-state index in [4.69, 9.17) is 5.11 Å². The van der Waals surface area contributed by atoms with Crippen molar-refractivity contribution in [2.45, 2.75) is 38.6 Å². The molecule has 2 unspecified atom stereocenters. The smallest absolute Gasteiger partial charge is 0.308 e. The van der Waals surface area contributed by atoms with Crippen LogP contribution < -0.4 is 0 Å². The third-order valence-electron chi connectivity index (χ3n) is 4.00. The van der Waals surface area contributed by atoms with E-state index in [-0.39, 0.29) is 11.9 Å². The van der Waals surface area contributed by atoms with Crippen LogP contribution in [-0.2, 0) is 15.0 Å². The molecule has 2 heterocycles. The van der Waals surface area contributed by atoms with Crippen molar-refractivity contribution >= 4 is 23.2 Å². The van der Waals surface area contributed by atoms with Gasteiger partial charge in [-0.2, -0.15) is 0 Å². The second-order valence-electron chi connectivity index (χ2n) is 5.57. The number of amides is 1. The van der Waals surface area contributed by atoms with Crippen LogP contribution in [0.2, 0.25) is 0 Å². The zero-order chi connectivity index (χ0) is 14.2. The Bertz CT molecular complexity index is 481. The minimum atomic E-state index is -0.809. The summed E-state index contributed by atoms with van der Waals surface area (Å²) in [7, 11) is 0. The van der Waals surface area contributed by atoms with E-state index >= 15 is 0 Å². The lowest BCUT2D eigenvalue weighted by molar-refractivity contribution is -0.143. The minimum Gasteiger partial charge on any atom is -0.481 e.